The third kappa shape index (κ3) is 4.97. The Morgan fingerprint density at radius 3 is 2.30 bits per heavy atom. The number of urea groups is 1. The Balaban J connectivity index is 2.80. The van der Waals surface area contributed by atoms with Crippen LogP contribution in [0.3, 0.4) is 0 Å². The molecule has 3 amide bonds. The van der Waals surface area contributed by atoms with Crippen molar-refractivity contribution in [1.29, 1.82) is 0 Å². The predicted molar refractivity (Wildman–Crippen MR) is 71.8 cm³/mol. The van der Waals surface area contributed by atoms with Gasteiger partial charge in [-0.05, 0) is 12.5 Å². The summed E-state index contributed by atoms with van der Waals surface area (Å²) in [5.41, 5.74) is 5.62. The van der Waals surface area contributed by atoms with Crippen molar-refractivity contribution in [2.75, 3.05) is 0 Å². The molecule has 2 unspecified atom stereocenters. The maximum Gasteiger partial charge on any atom is 0.313 e. The van der Waals surface area contributed by atoms with E-state index < -0.39 is 30.0 Å². The highest BCUT2D eigenvalue weighted by Crippen LogP contribution is 2.13. The van der Waals surface area contributed by atoms with Crippen LogP contribution in [0.4, 0.5) is 4.79 Å². The van der Waals surface area contributed by atoms with Crippen LogP contribution in [0.2, 0.25) is 0 Å². The molecule has 1 aromatic carbocycles. The number of aliphatic carboxylic acids is 1. The summed E-state index contributed by atoms with van der Waals surface area (Å²) in [5, 5.41) is 13.5. The predicted octanol–water partition coefficient (Wildman–Crippen LogP) is 0.375. The van der Waals surface area contributed by atoms with Gasteiger partial charge in [-0.1, -0.05) is 30.3 Å². The summed E-state index contributed by atoms with van der Waals surface area (Å²) < 4.78 is 0. The van der Waals surface area contributed by atoms with Gasteiger partial charge in [0.05, 0.1) is 6.42 Å². The SMILES string of the molecule is CC(CC(=O)O)NC(=O)C(NC(N)=O)c1ccccc1. The highest BCUT2D eigenvalue weighted by atomic mass is 16.4. The molecule has 5 N–H and O–H groups in total. The molecule has 0 aliphatic carbocycles. The van der Waals surface area contributed by atoms with Crippen molar-refractivity contribution >= 4 is 17.9 Å². The fourth-order valence-corrected chi connectivity index (χ4v) is 1.73. The van der Waals surface area contributed by atoms with E-state index in [1.807, 2.05) is 0 Å². The number of carboxylic acid groups (broad SMARTS) is 1. The molecular formula is C13H17N3O4. The first-order chi connectivity index (χ1) is 9.40. The minimum absolute atomic E-state index is 0.205. The first kappa shape index (κ1) is 15.5. The average molecular weight is 279 g/mol. The lowest BCUT2D eigenvalue weighted by atomic mass is 10.1. The number of carbonyl (C=O) groups excluding carboxylic acids is 2. The molecule has 1 rings (SSSR count). The van der Waals surface area contributed by atoms with Crippen LogP contribution in [-0.4, -0.2) is 29.1 Å². The largest absolute Gasteiger partial charge is 0.481 e. The summed E-state index contributed by atoms with van der Waals surface area (Å²) in [7, 11) is 0. The van der Waals surface area contributed by atoms with E-state index >= 15 is 0 Å². The Bertz CT molecular complexity index is 490. The average Bonchev–Trinajstić information content (AvgIpc) is 2.35. The molecule has 7 nitrogen and oxygen atoms in total. The molecular weight excluding hydrogens is 262 g/mol. The van der Waals surface area contributed by atoms with Crippen LogP contribution < -0.4 is 16.4 Å². The maximum atomic E-state index is 12.1. The Hall–Kier alpha value is -2.57. The van der Waals surface area contributed by atoms with E-state index in [1.54, 1.807) is 37.3 Å². The number of primary amides is 1. The minimum Gasteiger partial charge on any atom is -0.481 e. The lowest BCUT2D eigenvalue weighted by Crippen LogP contribution is -2.45. The summed E-state index contributed by atoms with van der Waals surface area (Å²) in [4.78, 5) is 33.7. The monoisotopic (exact) mass is 279 g/mol. The smallest absolute Gasteiger partial charge is 0.313 e. The molecule has 0 spiro atoms. The standard InChI is InChI=1S/C13H17N3O4/c1-8(7-10(17)18)15-12(19)11(16-13(14)20)9-5-3-2-4-6-9/h2-6,8,11H,7H2,1H3,(H,15,19)(H,17,18)(H3,14,16,20). The number of amides is 3. The molecule has 0 saturated carbocycles. The first-order valence-electron chi connectivity index (χ1n) is 6.03. The summed E-state index contributed by atoms with van der Waals surface area (Å²) in [6.45, 7) is 1.57. The van der Waals surface area contributed by atoms with Gasteiger partial charge in [-0.2, -0.15) is 0 Å². The van der Waals surface area contributed by atoms with Gasteiger partial charge >= 0.3 is 12.0 Å². The highest BCUT2D eigenvalue weighted by molar-refractivity contribution is 5.88. The fraction of sp³-hybridized carbons (Fsp3) is 0.308. The molecule has 0 bridgehead atoms. The molecule has 0 aliphatic rings. The van der Waals surface area contributed by atoms with E-state index in [9.17, 15) is 14.4 Å². The van der Waals surface area contributed by atoms with Crippen molar-refractivity contribution in [3.05, 3.63) is 35.9 Å². The van der Waals surface area contributed by atoms with Gasteiger partial charge in [0.25, 0.3) is 0 Å². The second-order valence-corrected chi connectivity index (χ2v) is 4.36. The number of carboxylic acids is 1. The van der Waals surface area contributed by atoms with E-state index in [0.717, 1.165) is 0 Å². The Kier molecular flexibility index (Phi) is 5.52. The van der Waals surface area contributed by atoms with E-state index in [-0.39, 0.29) is 6.42 Å². The van der Waals surface area contributed by atoms with Gasteiger partial charge in [-0.25, -0.2) is 4.79 Å². The molecule has 0 radical (unpaired) electrons. The quantitative estimate of drug-likeness (QED) is 0.601. The Morgan fingerprint density at radius 2 is 1.80 bits per heavy atom. The van der Waals surface area contributed by atoms with E-state index in [1.165, 1.54) is 0 Å². The van der Waals surface area contributed by atoms with Crippen molar-refractivity contribution in [2.45, 2.75) is 25.4 Å². The van der Waals surface area contributed by atoms with Crippen LogP contribution in [0.15, 0.2) is 30.3 Å². The van der Waals surface area contributed by atoms with Crippen molar-refractivity contribution < 1.29 is 19.5 Å². The molecule has 108 valence electrons. The fourth-order valence-electron chi connectivity index (χ4n) is 1.73. The molecule has 20 heavy (non-hydrogen) atoms. The van der Waals surface area contributed by atoms with Gasteiger partial charge in [0.2, 0.25) is 5.91 Å². The Morgan fingerprint density at radius 1 is 1.20 bits per heavy atom. The van der Waals surface area contributed by atoms with Crippen LogP contribution in [0.25, 0.3) is 0 Å². The van der Waals surface area contributed by atoms with Crippen LogP contribution in [0.1, 0.15) is 24.9 Å². The number of carbonyl (C=O) groups is 3. The number of benzene rings is 1. The number of hydrogen-bond donors (Lipinski definition) is 4. The molecule has 0 aliphatic heterocycles. The molecule has 0 heterocycles. The topological polar surface area (TPSA) is 122 Å². The van der Waals surface area contributed by atoms with Crippen LogP contribution in [0, 0.1) is 0 Å². The second kappa shape index (κ2) is 7.13. The molecule has 1 aromatic rings. The van der Waals surface area contributed by atoms with Gasteiger partial charge < -0.3 is 21.5 Å². The van der Waals surface area contributed by atoms with Gasteiger partial charge in [0, 0.05) is 6.04 Å². The van der Waals surface area contributed by atoms with Crippen LogP contribution in [-0.2, 0) is 9.59 Å². The number of rotatable bonds is 6. The molecule has 0 fully saturated rings. The summed E-state index contributed by atoms with van der Waals surface area (Å²) >= 11 is 0. The highest BCUT2D eigenvalue weighted by Gasteiger charge is 2.23. The lowest BCUT2D eigenvalue weighted by Gasteiger charge is -2.20. The maximum absolute atomic E-state index is 12.1. The van der Waals surface area contributed by atoms with Crippen molar-refractivity contribution in [3.8, 4) is 0 Å². The van der Waals surface area contributed by atoms with Gasteiger partial charge in [0.15, 0.2) is 0 Å². The normalized spacial score (nSPS) is 13.1. The van der Waals surface area contributed by atoms with Crippen LogP contribution in [0.5, 0.6) is 0 Å². The van der Waals surface area contributed by atoms with Gasteiger partial charge in [0.1, 0.15) is 6.04 Å². The molecule has 7 heteroatoms. The van der Waals surface area contributed by atoms with Gasteiger partial charge in [-0.3, -0.25) is 9.59 Å². The summed E-state index contributed by atoms with van der Waals surface area (Å²) in [6.07, 6.45) is -0.205. The van der Waals surface area contributed by atoms with Crippen molar-refractivity contribution in [3.63, 3.8) is 0 Å². The van der Waals surface area contributed by atoms with Crippen molar-refractivity contribution in [1.82, 2.24) is 10.6 Å². The molecule has 0 aromatic heterocycles. The number of hydrogen-bond acceptors (Lipinski definition) is 3. The van der Waals surface area contributed by atoms with E-state index in [2.05, 4.69) is 10.6 Å². The van der Waals surface area contributed by atoms with Crippen LogP contribution >= 0.6 is 0 Å². The Labute approximate surface area is 116 Å². The third-order valence-electron chi connectivity index (χ3n) is 2.55. The zero-order valence-corrected chi connectivity index (χ0v) is 11.0. The molecule has 2 atom stereocenters. The van der Waals surface area contributed by atoms with Crippen molar-refractivity contribution in [2.24, 2.45) is 5.73 Å². The number of nitrogens with two attached hydrogens (primary N) is 1. The molecule has 0 saturated heterocycles. The van der Waals surface area contributed by atoms with Gasteiger partial charge in [-0.15, -0.1) is 0 Å². The second-order valence-electron chi connectivity index (χ2n) is 4.36. The first-order valence-corrected chi connectivity index (χ1v) is 6.03. The zero-order valence-electron chi connectivity index (χ0n) is 11.0. The zero-order chi connectivity index (χ0) is 15.1. The third-order valence-corrected chi connectivity index (χ3v) is 2.55. The van der Waals surface area contributed by atoms with E-state index in [0.29, 0.717) is 5.56 Å². The van der Waals surface area contributed by atoms with E-state index in [4.69, 9.17) is 10.8 Å². The minimum atomic E-state index is -1.02. The summed E-state index contributed by atoms with van der Waals surface area (Å²) in [6, 6.07) is 6.21. The lowest BCUT2D eigenvalue weighted by molar-refractivity contribution is -0.137. The summed E-state index contributed by atoms with van der Waals surface area (Å²) in [5.74, 6) is -1.53. The number of nitrogens with one attached hydrogen (secondary N) is 2.